The molecule has 0 aromatic carbocycles. The molecule has 0 aromatic rings. The van der Waals surface area contributed by atoms with E-state index >= 15 is 0 Å². The van der Waals surface area contributed by atoms with E-state index in [0.29, 0.717) is 0 Å². The van der Waals surface area contributed by atoms with E-state index in [0.717, 1.165) is 38.3 Å². The molecule has 210 valence electrons. The predicted octanol–water partition coefficient (Wildman–Crippen LogP) is 11.4. The van der Waals surface area contributed by atoms with Gasteiger partial charge < -0.3 is 9.59 Å². The first-order valence-electron chi connectivity index (χ1n) is 16.5. The summed E-state index contributed by atoms with van der Waals surface area (Å²) in [4.78, 5) is 20.8. The summed E-state index contributed by atoms with van der Waals surface area (Å²) in [5.41, 5.74) is 3.75. The summed E-state index contributed by atoms with van der Waals surface area (Å²) in [6.07, 6.45) is 41.8. The van der Waals surface area contributed by atoms with Crippen molar-refractivity contribution in [2.45, 2.75) is 193 Å². The highest BCUT2D eigenvalue weighted by molar-refractivity contribution is 5.49. The Morgan fingerprint density at radius 2 is 0.639 bits per heavy atom. The molecule has 1 aliphatic carbocycles. The number of carbonyl (C=O) groups excluding carboxylic acids is 2. The van der Waals surface area contributed by atoms with Gasteiger partial charge in [0.05, 0.1) is 0 Å². The summed E-state index contributed by atoms with van der Waals surface area (Å²) in [5, 5.41) is 0. The van der Waals surface area contributed by atoms with E-state index in [4.69, 9.17) is 0 Å². The molecular weight excluding hydrogens is 440 g/mol. The summed E-state index contributed by atoms with van der Waals surface area (Å²) in [6, 6.07) is 0. The molecule has 0 fully saturated rings. The molecule has 2 heteroatoms. The highest BCUT2D eigenvalue weighted by Gasteiger charge is 2.09. The molecule has 0 aliphatic heterocycles. The first kappa shape index (κ1) is 33.1. The van der Waals surface area contributed by atoms with Crippen LogP contribution in [0, 0.1) is 0 Å². The summed E-state index contributed by atoms with van der Waals surface area (Å²) in [7, 11) is 0. The molecule has 0 spiro atoms. The lowest BCUT2D eigenvalue weighted by Crippen LogP contribution is -1.98. The quantitative estimate of drug-likeness (QED) is 0.0837. The fourth-order valence-electron chi connectivity index (χ4n) is 5.95. The second-order valence-corrected chi connectivity index (χ2v) is 11.6. The number of rotatable bonds is 22. The Balaban J connectivity index is 2.37. The van der Waals surface area contributed by atoms with Gasteiger partial charge in [-0.2, -0.15) is 0 Å². The van der Waals surface area contributed by atoms with E-state index in [9.17, 15) is 9.59 Å². The van der Waals surface area contributed by atoms with Crippen LogP contribution in [0.15, 0.2) is 11.1 Å². The van der Waals surface area contributed by atoms with Gasteiger partial charge in [0.2, 0.25) is 0 Å². The first-order chi connectivity index (χ1) is 17.9. The molecule has 0 atom stereocenters. The van der Waals surface area contributed by atoms with E-state index in [-0.39, 0.29) is 0 Å². The third kappa shape index (κ3) is 21.2. The van der Waals surface area contributed by atoms with Crippen LogP contribution in [0.3, 0.4) is 0 Å². The van der Waals surface area contributed by atoms with Gasteiger partial charge in [-0.3, -0.25) is 0 Å². The fourth-order valence-corrected chi connectivity index (χ4v) is 5.95. The van der Waals surface area contributed by atoms with Crippen LogP contribution < -0.4 is 0 Å². The smallest absolute Gasteiger partial charge is 0.119 e. The van der Waals surface area contributed by atoms with Crippen LogP contribution in [0.5, 0.6) is 0 Å². The lowest BCUT2D eigenvalue weighted by Gasteiger charge is -2.18. The Hall–Kier alpha value is -0.920. The van der Waals surface area contributed by atoms with Crippen LogP contribution in [0.25, 0.3) is 0 Å². The topological polar surface area (TPSA) is 34.1 Å². The van der Waals surface area contributed by atoms with E-state index in [2.05, 4.69) is 0 Å². The molecule has 0 N–H and O–H groups in total. The maximum atomic E-state index is 10.4. The molecule has 0 saturated heterocycles. The SMILES string of the molecule is O=CCCCCCCCCCC/C1=C(/CCCCCCCCCCC=O)CCCCCCCCCC1. The van der Waals surface area contributed by atoms with E-state index < -0.39 is 0 Å². The van der Waals surface area contributed by atoms with Gasteiger partial charge in [-0.1, -0.05) is 127 Å². The average Bonchev–Trinajstić information content (AvgIpc) is 2.88. The van der Waals surface area contributed by atoms with Gasteiger partial charge in [0.1, 0.15) is 12.6 Å². The molecule has 1 aliphatic rings. The lowest BCUT2D eigenvalue weighted by atomic mass is 9.89. The molecule has 2 nitrogen and oxygen atoms in total. The fraction of sp³-hybridized carbons (Fsp3) is 0.882. The molecule has 0 saturated carbocycles. The van der Waals surface area contributed by atoms with Gasteiger partial charge in [0.15, 0.2) is 0 Å². The van der Waals surface area contributed by atoms with Crippen molar-refractivity contribution in [3.8, 4) is 0 Å². The number of carbonyl (C=O) groups is 2. The number of allylic oxidation sites excluding steroid dienone is 2. The summed E-state index contributed by atoms with van der Waals surface area (Å²) in [6.45, 7) is 0. The van der Waals surface area contributed by atoms with E-state index in [1.165, 1.54) is 167 Å². The van der Waals surface area contributed by atoms with Gasteiger partial charge >= 0.3 is 0 Å². The summed E-state index contributed by atoms with van der Waals surface area (Å²) < 4.78 is 0. The Labute approximate surface area is 225 Å². The highest BCUT2D eigenvalue weighted by Crippen LogP contribution is 2.29. The van der Waals surface area contributed by atoms with Gasteiger partial charge in [-0.15, -0.1) is 0 Å². The second-order valence-electron chi connectivity index (χ2n) is 11.6. The third-order valence-electron chi connectivity index (χ3n) is 8.31. The number of aldehydes is 2. The standard InChI is InChI=1S/C34H62O2/c35-31-25-19-13-7-1-3-9-15-21-27-33-29-23-17-11-5-6-12-18-24-30-34(33)28-22-16-10-4-2-8-14-20-26-32-36/h31-32H,1-30H2/b34-33+. The van der Waals surface area contributed by atoms with Gasteiger partial charge in [-0.25, -0.2) is 0 Å². The molecule has 0 unspecified atom stereocenters. The Bertz CT molecular complexity index is 475. The molecule has 36 heavy (non-hydrogen) atoms. The molecule has 0 radical (unpaired) electrons. The van der Waals surface area contributed by atoms with Crippen molar-refractivity contribution < 1.29 is 9.59 Å². The van der Waals surface area contributed by atoms with Crippen molar-refractivity contribution in [3.63, 3.8) is 0 Å². The average molecular weight is 503 g/mol. The zero-order valence-electron chi connectivity index (χ0n) is 24.2. The van der Waals surface area contributed by atoms with Crippen molar-refractivity contribution >= 4 is 12.6 Å². The largest absolute Gasteiger partial charge is 0.303 e. The molecular formula is C34H62O2. The maximum absolute atomic E-state index is 10.4. The normalized spacial score (nSPS) is 17.9. The van der Waals surface area contributed by atoms with Crippen molar-refractivity contribution in [1.29, 1.82) is 0 Å². The van der Waals surface area contributed by atoms with Crippen LogP contribution >= 0.6 is 0 Å². The third-order valence-corrected chi connectivity index (χ3v) is 8.31. The van der Waals surface area contributed by atoms with E-state index in [1.807, 2.05) is 11.1 Å². The van der Waals surface area contributed by atoms with Crippen molar-refractivity contribution in [2.24, 2.45) is 0 Å². The molecule has 0 heterocycles. The lowest BCUT2D eigenvalue weighted by molar-refractivity contribution is -0.108. The van der Waals surface area contributed by atoms with Crippen LogP contribution in [0.2, 0.25) is 0 Å². The minimum absolute atomic E-state index is 0.751. The second kappa shape index (κ2) is 27.1. The summed E-state index contributed by atoms with van der Waals surface area (Å²) >= 11 is 0. The Morgan fingerprint density at radius 3 is 0.972 bits per heavy atom. The number of unbranched alkanes of at least 4 members (excludes halogenated alkanes) is 16. The van der Waals surface area contributed by atoms with Crippen LogP contribution in [0.4, 0.5) is 0 Å². The monoisotopic (exact) mass is 502 g/mol. The Kier molecular flexibility index (Phi) is 24.9. The maximum Gasteiger partial charge on any atom is 0.119 e. The van der Waals surface area contributed by atoms with Crippen LogP contribution in [0.1, 0.15) is 193 Å². The minimum Gasteiger partial charge on any atom is -0.303 e. The van der Waals surface area contributed by atoms with Gasteiger partial charge in [0, 0.05) is 12.8 Å². The molecule has 0 aromatic heterocycles. The van der Waals surface area contributed by atoms with Crippen molar-refractivity contribution in [2.75, 3.05) is 0 Å². The van der Waals surface area contributed by atoms with Gasteiger partial charge in [0.25, 0.3) is 0 Å². The van der Waals surface area contributed by atoms with Crippen molar-refractivity contribution in [3.05, 3.63) is 11.1 Å². The van der Waals surface area contributed by atoms with Crippen LogP contribution in [-0.2, 0) is 9.59 Å². The first-order valence-corrected chi connectivity index (χ1v) is 16.5. The molecule has 0 bridgehead atoms. The van der Waals surface area contributed by atoms with E-state index in [1.54, 1.807) is 0 Å². The Morgan fingerprint density at radius 1 is 0.361 bits per heavy atom. The molecule has 1 rings (SSSR count). The number of hydrogen-bond donors (Lipinski definition) is 0. The molecule has 0 amide bonds. The minimum atomic E-state index is 0.751. The van der Waals surface area contributed by atoms with Crippen molar-refractivity contribution in [1.82, 2.24) is 0 Å². The van der Waals surface area contributed by atoms with Crippen LogP contribution in [-0.4, -0.2) is 12.6 Å². The summed E-state index contributed by atoms with van der Waals surface area (Å²) in [5.74, 6) is 0. The zero-order valence-corrected chi connectivity index (χ0v) is 24.2. The zero-order chi connectivity index (χ0) is 25.8. The predicted molar refractivity (Wildman–Crippen MR) is 158 cm³/mol. The van der Waals surface area contributed by atoms with Gasteiger partial charge in [-0.05, 0) is 64.2 Å². The number of hydrogen-bond acceptors (Lipinski definition) is 2. The highest BCUT2D eigenvalue weighted by atomic mass is 16.1.